The highest BCUT2D eigenvalue weighted by atomic mass is 16.2. The van der Waals surface area contributed by atoms with Gasteiger partial charge in [-0.1, -0.05) is 0 Å². The highest BCUT2D eigenvalue weighted by molar-refractivity contribution is 5.79. The number of amides is 1. The van der Waals surface area contributed by atoms with Crippen LogP contribution in [0.5, 0.6) is 0 Å². The SMILES string of the molecule is C[C@@H]1CC[C@H](C)N1[C@H]1CCCN(C(=O)[C@@H]2CCCN(c3ncccn3)C2)C1. The minimum absolute atomic E-state index is 0.0785. The summed E-state index contributed by atoms with van der Waals surface area (Å²) in [7, 11) is 0. The first-order valence-corrected chi connectivity index (χ1v) is 10.7. The Kier molecular flexibility index (Phi) is 5.62. The second kappa shape index (κ2) is 8.13. The minimum atomic E-state index is 0.0785. The number of likely N-dealkylation sites (tertiary alicyclic amines) is 2. The number of carbonyl (C=O) groups is 1. The molecular formula is C21H33N5O. The molecule has 0 radical (unpaired) electrons. The van der Waals surface area contributed by atoms with E-state index in [-0.39, 0.29) is 5.92 Å². The lowest BCUT2D eigenvalue weighted by Gasteiger charge is -2.43. The molecule has 4 rings (SSSR count). The maximum absolute atomic E-state index is 13.3. The molecule has 3 saturated heterocycles. The third-order valence-corrected chi connectivity index (χ3v) is 6.76. The van der Waals surface area contributed by atoms with Gasteiger partial charge in [0.15, 0.2) is 0 Å². The average molecular weight is 372 g/mol. The summed E-state index contributed by atoms with van der Waals surface area (Å²) >= 11 is 0. The van der Waals surface area contributed by atoms with Gasteiger partial charge in [0.25, 0.3) is 0 Å². The van der Waals surface area contributed by atoms with E-state index < -0.39 is 0 Å². The first-order chi connectivity index (χ1) is 13.1. The fraction of sp³-hybridized carbons (Fsp3) is 0.762. The lowest BCUT2D eigenvalue weighted by atomic mass is 9.94. The summed E-state index contributed by atoms with van der Waals surface area (Å²) in [5.41, 5.74) is 0. The van der Waals surface area contributed by atoms with Crippen LogP contribution in [-0.4, -0.2) is 70.0 Å². The summed E-state index contributed by atoms with van der Waals surface area (Å²) in [5, 5.41) is 0. The van der Waals surface area contributed by atoms with Gasteiger partial charge in [0.1, 0.15) is 0 Å². The lowest BCUT2D eigenvalue weighted by Crippen LogP contribution is -2.54. The number of anilines is 1. The molecule has 1 aromatic rings. The van der Waals surface area contributed by atoms with Crippen molar-refractivity contribution >= 4 is 11.9 Å². The normalized spacial score (nSPS) is 32.7. The molecule has 6 heteroatoms. The molecule has 4 atom stereocenters. The number of hydrogen-bond acceptors (Lipinski definition) is 5. The molecule has 3 aliphatic rings. The van der Waals surface area contributed by atoms with Crippen molar-refractivity contribution in [3.8, 4) is 0 Å². The Bertz CT molecular complexity index is 629. The predicted molar refractivity (Wildman–Crippen MR) is 107 cm³/mol. The van der Waals surface area contributed by atoms with Gasteiger partial charge in [-0.3, -0.25) is 9.69 Å². The maximum Gasteiger partial charge on any atom is 0.227 e. The molecule has 3 aliphatic heterocycles. The molecule has 0 unspecified atom stereocenters. The zero-order chi connectivity index (χ0) is 18.8. The van der Waals surface area contributed by atoms with Gasteiger partial charge in [-0.2, -0.15) is 0 Å². The average Bonchev–Trinajstić information content (AvgIpc) is 3.06. The Labute approximate surface area is 162 Å². The molecule has 0 aromatic carbocycles. The quantitative estimate of drug-likeness (QED) is 0.817. The zero-order valence-corrected chi connectivity index (χ0v) is 16.8. The third kappa shape index (κ3) is 3.96. The number of rotatable bonds is 3. The van der Waals surface area contributed by atoms with Crippen molar-refractivity contribution in [1.82, 2.24) is 19.8 Å². The molecular weight excluding hydrogens is 338 g/mol. The highest BCUT2D eigenvalue weighted by Crippen LogP contribution is 2.31. The van der Waals surface area contributed by atoms with Crippen LogP contribution in [-0.2, 0) is 4.79 Å². The second-order valence-corrected chi connectivity index (χ2v) is 8.64. The second-order valence-electron chi connectivity index (χ2n) is 8.64. The number of nitrogens with zero attached hydrogens (tertiary/aromatic N) is 5. The number of carbonyl (C=O) groups excluding carboxylic acids is 1. The fourth-order valence-electron chi connectivity index (χ4n) is 5.41. The smallest absolute Gasteiger partial charge is 0.227 e. The monoisotopic (exact) mass is 371 g/mol. The van der Waals surface area contributed by atoms with E-state index in [1.54, 1.807) is 12.4 Å². The molecule has 6 nitrogen and oxygen atoms in total. The van der Waals surface area contributed by atoms with Crippen molar-refractivity contribution < 1.29 is 4.79 Å². The summed E-state index contributed by atoms with van der Waals surface area (Å²) in [6.07, 6.45) is 10.5. The molecule has 3 fully saturated rings. The Morgan fingerprint density at radius 2 is 1.67 bits per heavy atom. The molecule has 1 amide bonds. The van der Waals surface area contributed by atoms with Crippen LogP contribution in [0.2, 0.25) is 0 Å². The number of hydrogen-bond donors (Lipinski definition) is 0. The van der Waals surface area contributed by atoms with Crippen LogP contribution in [0, 0.1) is 5.92 Å². The van der Waals surface area contributed by atoms with Crippen LogP contribution in [0.25, 0.3) is 0 Å². The van der Waals surface area contributed by atoms with Crippen LogP contribution >= 0.6 is 0 Å². The lowest BCUT2D eigenvalue weighted by molar-refractivity contribution is -0.138. The number of piperidine rings is 2. The van der Waals surface area contributed by atoms with Crippen molar-refractivity contribution in [3.63, 3.8) is 0 Å². The largest absolute Gasteiger partial charge is 0.341 e. The van der Waals surface area contributed by atoms with Crippen molar-refractivity contribution in [2.45, 2.75) is 70.5 Å². The van der Waals surface area contributed by atoms with E-state index >= 15 is 0 Å². The number of aromatic nitrogens is 2. The minimum Gasteiger partial charge on any atom is -0.341 e. The van der Waals surface area contributed by atoms with Crippen molar-refractivity contribution in [2.75, 3.05) is 31.1 Å². The molecule has 0 saturated carbocycles. The van der Waals surface area contributed by atoms with Gasteiger partial charge >= 0.3 is 0 Å². The van der Waals surface area contributed by atoms with Crippen LogP contribution in [0.1, 0.15) is 52.4 Å². The van der Waals surface area contributed by atoms with E-state index in [1.807, 2.05) is 6.07 Å². The summed E-state index contributed by atoms with van der Waals surface area (Å²) in [4.78, 5) is 29.1. The topological polar surface area (TPSA) is 52.6 Å². The van der Waals surface area contributed by atoms with Crippen molar-refractivity contribution in [2.24, 2.45) is 5.92 Å². The predicted octanol–water partition coefficient (Wildman–Crippen LogP) is 2.56. The van der Waals surface area contributed by atoms with Crippen LogP contribution in [0.3, 0.4) is 0 Å². The van der Waals surface area contributed by atoms with Gasteiger partial charge < -0.3 is 9.80 Å². The maximum atomic E-state index is 13.3. The van der Waals surface area contributed by atoms with E-state index in [4.69, 9.17) is 0 Å². The van der Waals surface area contributed by atoms with E-state index in [1.165, 1.54) is 19.3 Å². The summed E-state index contributed by atoms with van der Waals surface area (Å²) < 4.78 is 0. The zero-order valence-electron chi connectivity index (χ0n) is 16.8. The van der Waals surface area contributed by atoms with E-state index in [0.29, 0.717) is 24.0 Å². The van der Waals surface area contributed by atoms with Gasteiger partial charge in [0.05, 0.1) is 5.92 Å². The standard InChI is InChI=1S/C21H33N5O/c1-16-8-9-17(2)26(16)19-7-4-12-24(15-19)20(27)18-6-3-13-25(14-18)21-22-10-5-11-23-21/h5,10-11,16-19H,3-4,6-9,12-15H2,1-2H3/t16-,17+,18-,19+/m1/s1. The fourth-order valence-corrected chi connectivity index (χ4v) is 5.41. The highest BCUT2D eigenvalue weighted by Gasteiger charge is 2.38. The van der Waals surface area contributed by atoms with E-state index in [0.717, 1.165) is 51.4 Å². The molecule has 148 valence electrons. The molecule has 4 heterocycles. The first-order valence-electron chi connectivity index (χ1n) is 10.7. The van der Waals surface area contributed by atoms with Gasteiger partial charge in [-0.15, -0.1) is 0 Å². The molecule has 0 N–H and O–H groups in total. The summed E-state index contributed by atoms with van der Waals surface area (Å²) in [6, 6.07) is 3.68. The first kappa shape index (κ1) is 18.7. The molecule has 0 bridgehead atoms. The Morgan fingerprint density at radius 3 is 2.41 bits per heavy atom. The molecule has 0 spiro atoms. The summed E-state index contributed by atoms with van der Waals surface area (Å²) in [6.45, 7) is 8.22. The third-order valence-electron chi connectivity index (χ3n) is 6.76. The molecule has 0 aliphatic carbocycles. The Morgan fingerprint density at radius 1 is 0.963 bits per heavy atom. The van der Waals surface area contributed by atoms with Crippen LogP contribution in [0.15, 0.2) is 18.5 Å². The molecule has 1 aromatic heterocycles. The van der Waals surface area contributed by atoms with E-state index in [2.05, 4.69) is 38.5 Å². The van der Waals surface area contributed by atoms with Gasteiger partial charge in [-0.05, 0) is 58.4 Å². The Balaban J connectivity index is 1.40. The van der Waals surface area contributed by atoms with Crippen LogP contribution < -0.4 is 4.90 Å². The van der Waals surface area contributed by atoms with Gasteiger partial charge in [0.2, 0.25) is 11.9 Å². The Hall–Kier alpha value is -1.69. The molecule has 27 heavy (non-hydrogen) atoms. The van der Waals surface area contributed by atoms with Crippen molar-refractivity contribution in [3.05, 3.63) is 18.5 Å². The van der Waals surface area contributed by atoms with Gasteiger partial charge in [0, 0.05) is 56.7 Å². The van der Waals surface area contributed by atoms with Crippen LogP contribution in [0.4, 0.5) is 5.95 Å². The van der Waals surface area contributed by atoms with Gasteiger partial charge in [-0.25, -0.2) is 9.97 Å². The summed E-state index contributed by atoms with van der Waals surface area (Å²) in [5.74, 6) is 1.18. The van der Waals surface area contributed by atoms with Crippen molar-refractivity contribution in [1.29, 1.82) is 0 Å². The van der Waals surface area contributed by atoms with E-state index in [9.17, 15) is 4.79 Å².